The molecule has 0 aromatic carbocycles. The van der Waals surface area contributed by atoms with Crippen molar-refractivity contribution in [3.63, 3.8) is 0 Å². The van der Waals surface area contributed by atoms with Gasteiger partial charge in [0.1, 0.15) is 6.10 Å². The fourth-order valence-electron chi connectivity index (χ4n) is 2.54. The lowest BCUT2D eigenvalue weighted by Crippen LogP contribution is -2.43. The van der Waals surface area contributed by atoms with Gasteiger partial charge in [-0.2, -0.15) is 0 Å². The molecule has 0 aliphatic carbocycles. The molecule has 1 aliphatic heterocycles. The Balaban J connectivity index is 1.86. The summed E-state index contributed by atoms with van der Waals surface area (Å²) < 4.78 is 5.46. The zero-order valence-corrected chi connectivity index (χ0v) is 12.6. The van der Waals surface area contributed by atoms with Crippen LogP contribution in [0.3, 0.4) is 0 Å². The number of nitrogens with one attached hydrogen (secondary N) is 1. The van der Waals surface area contributed by atoms with E-state index in [2.05, 4.69) is 12.2 Å². The maximum absolute atomic E-state index is 11.8. The third kappa shape index (κ3) is 8.38. The van der Waals surface area contributed by atoms with E-state index in [0.29, 0.717) is 19.6 Å². The summed E-state index contributed by atoms with van der Waals surface area (Å²) in [5, 5.41) is 3.20. The first-order chi connectivity index (χ1) is 9.34. The first-order valence-corrected chi connectivity index (χ1v) is 8.19. The van der Waals surface area contributed by atoms with Crippen molar-refractivity contribution < 1.29 is 9.53 Å². The minimum atomic E-state index is -0.178. The van der Waals surface area contributed by atoms with E-state index in [9.17, 15) is 4.79 Å². The minimum absolute atomic E-state index is 0.178. The molecule has 0 bridgehead atoms. The number of hydrogen-bond acceptors (Lipinski definition) is 3. The Kier molecular flexibility index (Phi) is 10.0. The summed E-state index contributed by atoms with van der Waals surface area (Å²) in [5.74, 6) is 0.287. The Morgan fingerprint density at radius 1 is 1.05 bits per heavy atom. The zero-order chi connectivity index (χ0) is 13.8. The Labute approximate surface area is 118 Å². The van der Waals surface area contributed by atoms with E-state index in [1.54, 1.807) is 0 Å². The van der Waals surface area contributed by atoms with Gasteiger partial charge in [-0.3, -0.25) is 4.79 Å². The molecule has 0 aromatic heterocycles. The van der Waals surface area contributed by atoms with Crippen LogP contribution in [0.25, 0.3) is 0 Å². The van der Waals surface area contributed by atoms with Gasteiger partial charge in [0.05, 0.1) is 6.61 Å². The molecular formula is C16H31NO2. The average molecular weight is 269 g/mol. The van der Waals surface area contributed by atoms with Crippen LogP contribution in [0.2, 0.25) is 0 Å². The Bertz CT molecular complexity index is 225. The Hall–Kier alpha value is -0.410. The topological polar surface area (TPSA) is 38.3 Å². The molecule has 0 radical (unpaired) electrons. The number of ether oxygens (including phenoxy) is 1. The van der Waals surface area contributed by atoms with Gasteiger partial charge in [0.15, 0.2) is 5.78 Å². The molecule has 1 atom stereocenters. The highest BCUT2D eigenvalue weighted by molar-refractivity contribution is 5.83. The molecule has 1 N–H and O–H groups in total. The minimum Gasteiger partial charge on any atom is -0.368 e. The molecule has 0 saturated carbocycles. The fourth-order valence-corrected chi connectivity index (χ4v) is 2.54. The van der Waals surface area contributed by atoms with Gasteiger partial charge >= 0.3 is 0 Å². The average Bonchev–Trinajstić information content (AvgIpc) is 2.46. The lowest BCUT2D eigenvalue weighted by Gasteiger charge is -2.22. The number of carbonyl (C=O) groups excluding carboxylic acids is 1. The van der Waals surface area contributed by atoms with Crippen molar-refractivity contribution in [1.29, 1.82) is 0 Å². The van der Waals surface area contributed by atoms with E-state index in [0.717, 1.165) is 13.0 Å². The van der Waals surface area contributed by atoms with E-state index < -0.39 is 0 Å². The van der Waals surface area contributed by atoms with E-state index in [4.69, 9.17) is 4.74 Å². The monoisotopic (exact) mass is 269 g/mol. The summed E-state index contributed by atoms with van der Waals surface area (Å²) >= 11 is 0. The molecule has 1 heterocycles. The largest absolute Gasteiger partial charge is 0.368 e. The van der Waals surface area contributed by atoms with Crippen molar-refractivity contribution in [2.45, 2.75) is 77.2 Å². The molecule has 1 aliphatic rings. The van der Waals surface area contributed by atoms with Gasteiger partial charge in [0, 0.05) is 19.5 Å². The summed E-state index contributed by atoms with van der Waals surface area (Å²) in [7, 11) is 0. The van der Waals surface area contributed by atoms with Crippen molar-refractivity contribution in [3.05, 3.63) is 0 Å². The first-order valence-electron chi connectivity index (χ1n) is 8.19. The van der Waals surface area contributed by atoms with Gasteiger partial charge < -0.3 is 10.1 Å². The highest BCUT2D eigenvalue weighted by atomic mass is 16.5. The maximum atomic E-state index is 11.8. The molecule has 0 spiro atoms. The lowest BCUT2D eigenvalue weighted by atomic mass is 10.0. The first kappa shape index (κ1) is 16.6. The van der Waals surface area contributed by atoms with Crippen LogP contribution >= 0.6 is 0 Å². The number of hydrogen-bond donors (Lipinski definition) is 1. The maximum Gasteiger partial charge on any atom is 0.162 e. The van der Waals surface area contributed by atoms with E-state index in [-0.39, 0.29) is 11.9 Å². The van der Waals surface area contributed by atoms with Crippen LogP contribution in [0, 0.1) is 0 Å². The number of morpholine rings is 1. The Morgan fingerprint density at radius 2 is 1.68 bits per heavy atom. The molecular weight excluding hydrogens is 238 g/mol. The predicted octanol–water partition coefficient (Wildman–Crippen LogP) is 3.46. The van der Waals surface area contributed by atoms with Crippen LogP contribution in [0.4, 0.5) is 0 Å². The second-order valence-corrected chi connectivity index (χ2v) is 5.61. The summed E-state index contributed by atoms with van der Waals surface area (Å²) in [5.41, 5.74) is 0. The van der Waals surface area contributed by atoms with E-state index in [1.807, 2.05) is 0 Å². The number of rotatable bonds is 11. The zero-order valence-electron chi connectivity index (χ0n) is 12.6. The number of unbranched alkanes of at least 4 members (excludes halogenated alkanes) is 8. The van der Waals surface area contributed by atoms with Crippen LogP contribution in [0.15, 0.2) is 0 Å². The van der Waals surface area contributed by atoms with Gasteiger partial charge in [-0.05, 0) is 6.42 Å². The quantitative estimate of drug-likeness (QED) is 0.584. The van der Waals surface area contributed by atoms with Crippen molar-refractivity contribution in [2.24, 2.45) is 0 Å². The van der Waals surface area contributed by atoms with Crippen molar-refractivity contribution in [1.82, 2.24) is 5.32 Å². The molecule has 1 fully saturated rings. The number of carbonyl (C=O) groups is 1. The second-order valence-electron chi connectivity index (χ2n) is 5.61. The van der Waals surface area contributed by atoms with Gasteiger partial charge in [0.2, 0.25) is 0 Å². The third-order valence-electron chi connectivity index (χ3n) is 3.81. The van der Waals surface area contributed by atoms with Gasteiger partial charge in [-0.1, -0.05) is 58.3 Å². The van der Waals surface area contributed by atoms with Crippen molar-refractivity contribution in [3.8, 4) is 0 Å². The number of Topliss-reactive ketones (excluding diaryl/α,β-unsaturated/α-hetero) is 1. The molecule has 1 rings (SSSR count). The van der Waals surface area contributed by atoms with Crippen LogP contribution < -0.4 is 5.32 Å². The summed E-state index contributed by atoms with van der Waals surface area (Å²) in [6.07, 6.45) is 12.2. The SMILES string of the molecule is CCCCCCCCCCCC(=O)C1CNCCO1. The Morgan fingerprint density at radius 3 is 2.26 bits per heavy atom. The highest BCUT2D eigenvalue weighted by Gasteiger charge is 2.20. The highest BCUT2D eigenvalue weighted by Crippen LogP contribution is 2.11. The molecule has 112 valence electrons. The summed E-state index contributed by atoms with van der Waals surface area (Å²) in [6, 6.07) is 0. The standard InChI is InChI=1S/C16H31NO2/c1-2-3-4-5-6-7-8-9-10-11-15(18)16-14-17-12-13-19-16/h16-17H,2-14H2,1H3. The molecule has 1 unspecified atom stereocenters. The number of ketones is 1. The molecule has 1 saturated heterocycles. The third-order valence-corrected chi connectivity index (χ3v) is 3.81. The van der Waals surface area contributed by atoms with E-state index in [1.165, 1.54) is 51.4 Å². The van der Waals surface area contributed by atoms with Crippen molar-refractivity contribution in [2.75, 3.05) is 19.7 Å². The van der Waals surface area contributed by atoms with Gasteiger partial charge in [-0.25, -0.2) is 0 Å². The molecule has 0 aromatic rings. The molecule has 3 heteroatoms. The molecule has 19 heavy (non-hydrogen) atoms. The van der Waals surface area contributed by atoms with Crippen molar-refractivity contribution >= 4 is 5.78 Å². The molecule has 3 nitrogen and oxygen atoms in total. The normalized spacial score (nSPS) is 19.5. The van der Waals surface area contributed by atoms with E-state index >= 15 is 0 Å². The van der Waals surface area contributed by atoms with Gasteiger partial charge in [-0.15, -0.1) is 0 Å². The van der Waals surface area contributed by atoms with Gasteiger partial charge in [0.25, 0.3) is 0 Å². The van der Waals surface area contributed by atoms with Crippen LogP contribution in [0.5, 0.6) is 0 Å². The lowest BCUT2D eigenvalue weighted by molar-refractivity contribution is -0.132. The summed E-state index contributed by atoms with van der Waals surface area (Å²) in [4.78, 5) is 11.8. The second kappa shape index (κ2) is 11.4. The summed E-state index contributed by atoms with van der Waals surface area (Å²) in [6.45, 7) is 4.51. The van der Waals surface area contributed by atoms with Crippen LogP contribution in [-0.2, 0) is 9.53 Å². The predicted molar refractivity (Wildman–Crippen MR) is 79.5 cm³/mol. The molecule has 0 amide bonds. The van der Waals surface area contributed by atoms with Crippen LogP contribution in [0.1, 0.15) is 71.1 Å². The smallest absolute Gasteiger partial charge is 0.162 e. The van der Waals surface area contributed by atoms with Crippen LogP contribution in [-0.4, -0.2) is 31.6 Å². The fraction of sp³-hybridized carbons (Fsp3) is 0.938.